The third-order valence-electron chi connectivity index (χ3n) is 3.73. The van der Waals surface area contributed by atoms with E-state index in [9.17, 15) is 13.2 Å². The van der Waals surface area contributed by atoms with Gasteiger partial charge in [0.1, 0.15) is 0 Å². The number of aryl methyl sites for hydroxylation is 1. The van der Waals surface area contributed by atoms with Crippen molar-refractivity contribution in [3.05, 3.63) is 29.3 Å². The Morgan fingerprint density at radius 3 is 2.50 bits per heavy atom. The minimum atomic E-state index is -3.44. The first-order chi connectivity index (χ1) is 9.40. The molecular formula is C14H19NO4S. The lowest BCUT2D eigenvalue weighted by atomic mass is 10.0. The van der Waals surface area contributed by atoms with Crippen LogP contribution in [0.25, 0.3) is 0 Å². The van der Waals surface area contributed by atoms with Gasteiger partial charge >= 0.3 is 5.97 Å². The summed E-state index contributed by atoms with van der Waals surface area (Å²) in [4.78, 5) is 11.0. The summed E-state index contributed by atoms with van der Waals surface area (Å²) in [6.45, 7) is 1.75. The molecular weight excluding hydrogens is 278 g/mol. The molecule has 20 heavy (non-hydrogen) atoms. The Labute approximate surface area is 119 Å². The second-order valence-corrected chi connectivity index (χ2v) is 7.20. The highest BCUT2D eigenvalue weighted by molar-refractivity contribution is 7.93. The molecule has 0 spiro atoms. The van der Waals surface area contributed by atoms with Crippen LogP contribution in [0.1, 0.15) is 48.0 Å². The lowest BCUT2D eigenvalue weighted by Crippen LogP contribution is -2.30. The number of hydrogen-bond acceptors (Lipinski definition) is 3. The number of carboxylic acids is 1. The van der Waals surface area contributed by atoms with Crippen molar-refractivity contribution in [3.63, 3.8) is 0 Å². The first-order valence-electron chi connectivity index (χ1n) is 6.76. The van der Waals surface area contributed by atoms with Crippen LogP contribution >= 0.6 is 0 Å². The van der Waals surface area contributed by atoms with Crippen LogP contribution in [-0.2, 0) is 10.0 Å². The molecule has 110 valence electrons. The van der Waals surface area contributed by atoms with Crippen LogP contribution < -0.4 is 4.72 Å². The number of nitrogens with one attached hydrogen (secondary N) is 1. The number of carboxylic acid groups (broad SMARTS) is 1. The molecule has 0 radical (unpaired) electrons. The number of anilines is 1. The van der Waals surface area contributed by atoms with Crippen molar-refractivity contribution >= 4 is 21.7 Å². The number of carbonyl (C=O) groups is 1. The van der Waals surface area contributed by atoms with Crippen LogP contribution in [0, 0.1) is 6.92 Å². The van der Waals surface area contributed by atoms with E-state index < -0.39 is 16.0 Å². The van der Waals surface area contributed by atoms with Gasteiger partial charge in [-0.25, -0.2) is 13.2 Å². The monoisotopic (exact) mass is 297 g/mol. The molecule has 1 aliphatic carbocycles. The number of sulfonamides is 1. The summed E-state index contributed by atoms with van der Waals surface area (Å²) in [6.07, 6.45) is 4.29. The zero-order valence-electron chi connectivity index (χ0n) is 11.4. The smallest absolute Gasteiger partial charge is 0.335 e. The summed E-state index contributed by atoms with van der Waals surface area (Å²) in [5, 5.41) is 8.60. The Bertz CT molecular complexity index is 604. The van der Waals surface area contributed by atoms with E-state index in [1.165, 1.54) is 12.1 Å². The predicted molar refractivity (Wildman–Crippen MR) is 77.6 cm³/mol. The van der Waals surface area contributed by atoms with Gasteiger partial charge in [0.15, 0.2) is 0 Å². The molecule has 0 aromatic heterocycles. The van der Waals surface area contributed by atoms with E-state index in [0.717, 1.165) is 24.8 Å². The van der Waals surface area contributed by atoms with Crippen molar-refractivity contribution in [2.24, 2.45) is 0 Å². The molecule has 1 aliphatic rings. The fraction of sp³-hybridized carbons (Fsp3) is 0.500. The number of hydrogen-bond donors (Lipinski definition) is 2. The van der Waals surface area contributed by atoms with Crippen LogP contribution in [0.15, 0.2) is 18.2 Å². The van der Waals surface area contributed by atoms with Gasteiger partial charge in [-0.1, -0.05) is 25.3 Å². The van der Waals surface area contributed by atoms with Gasteiger partial charge in [0, 0.05) is 0 Å². The molecule has 0 bridgehead atoms. The topological polar surface area (TPSA) is 83.5 Å². The number of benzene rings is 1. The van der Waals surface area contributed by atoms with Gasteiger partial charge in [-0.05, 0) is 37.5 Å². The van der Waals surface area contributed by atoms with Gasteiger partial charge in [-0.15, -0.1) is 0 Å². The van der Waals surface area contributed by atoms with Gasteiger partial charge in [-0.3, -0.25) is 4.72 Å². The van der Waals surface area contributed by atoms with Crippen LogP contribution in [0.4, 0.5) is 5.69 Å². The quantitative estimate of drug-likeness (QED) is 0.895. The Morgan fingerprint density at radius 2 is 1.90 bits per heavy atom. The number of rotatable bonds is 4. The maximum absolute atomic E-state index is 12.3. The highest BCUT2D eigenvalue weighted by Crippen LogP contribution is 2.26. The van der Waals surface area contributed by atoms with Crippen molar-refractivity contribution in [2.75, 3.05) is 4.72 Å². The van der Waals surface area contributed by atoms with Gasteiger partial charge < -0.3 is 5.11 Å². The van der Waals surface area contributed by atoms with Crippen molar-refractivity contribution < 1.29 is 18.3 Å². The highest BCUT2D eigenvalue weighted by atomic mass is 32.2. The molecule has 0 aliphatic heterocycles. The lowest BCUT2D eigenvalue weighted by Gasteiger charge is -2.23. The van der Waals surface area contributed by atoms with Gasteiger partial charge in [0.25, 0.3) is 0 Å². The molecule has 2 rings (SSSR count). The molecule has 2 N–H and O–H groups in total. The summed E-state index contributed by atoms with van der Waals surface area (Å²) in [7, 11) is -3.44. The number of aromatic carboxylic acids is 1. The fourth-order valence-corrected chi connectivity index (χ4v) is 4.12. The first kappa shape index (κ1) is 14.8. The molecule has 0 heterocycles. The standard InChI is InChI=1S/C14H19NO4S/c1-10-7-8-11(14(16)17)9-13(10)15-20(18,19)12-5-3-2-4-6-12/h7-9,12,15H,2-6H2,1H3,(H,16,17). The molecule has 1 saturated carbocycles. The third kappa shape index (κ3) is 3.30. The SMILES string of the molecule is Cc1ccc(C(=O)O)cc1NS(=O)(=O)C1CCCCC1. The largest absolute Gasteiger partial charge is 0.478 e. The maximum Gasteiger partial charge on any atom is 0.335 e. The summed E-state index contributed by atoms with van der Waals surface area (Å²) < 4.78 is 27.2. The van der Waals surface area contributed by atoms with E-state index >= 15 is 0 Å². The fourth-order valence-electron chi connectivity index (χ4n) is 2.48. The van der Waals surface area contributed by atoms with Crippen molar-refractivity contribution in [1.82, 2.24) is 0 Å². The predicted octanol–water partition coefficient (Wildman–Crippen LogP) is 2.77. The molecule has 0 amide bonds. The Balaban J connectivity index is 2.24. The second kappa shape index (κ2) is 5.83. The van der Waals surface area contributed by atoms with Crippen LogP contribution in [-0.4, -0.2) is 24.7 Å². The van der Waals surface area contributed by atoms with Gasteiger partial charge in [0.2, 0.25) is 10.0 Å². The van der Waals surface area contributed by atoms with Gasteiger partial charge in [0.05, 0.1) is 16.5 Å². The molecule has 0 atom stereocenters. The van der Waals surface area contributed by atoms with E-state index in [4.69, 9.17) is 5.11 Å². The molecule has 6 heteroatoms. The van der Waals surface area contributed by atoms with E-state index in [0.29, 0.717) is 18.5 Å². The van der Waals surface area contributed by atoms with Crippen molar-refractivity contribution in [2.45, 2.75) is 44.3 Å². The van der Waals surface area contributed by atoms with Crippen molar-refractivity contribution in [3.8, 4) is 0 Å². The van der Waals surface area contributed by atoms with Crippen molar-refractivity contribution in [1.29, 1.82) is 0 Å². The van der Waals surface area contributed by atoms with Crippen LogP contribution in [0.5, 0.6) is 0 Å². The lowest BCUT2D eigenvalue weighted by molar-refractivity contribution is 0.0697. The minimum absolute atomic E-state index is 0.0805. The first-order valence-corrected chi connectivity index (χ1v) is 8.30. The van der Waals surface area contributed by atoms with Crippen LogP contribution in [0.3, 0.4) is 0 Å². The van der Waals surface area contributed by atoms with E-state index in [1.54, 1.807) is 13.0 Å². The molecule has 0 unspecified atom stereocenters. The normalized spacial score (nSPS) is 16.9. The van der Waals surface area contributed by atoms with E-state index in [-0.39, 0.29) is 10.8 Å². The summed E-state index contributed by atoms with van der Waals surface area (Å²) in [5.74, 6) is -1.07. The Kier molecular flexibility index (Phi) is 4.32. The van der Waals surface area contributed by atoms with E-state index in [1.807, 2.05) is 0 Å². The summed E-state index contributed by atoms with van der Waals surface area (Å²) in [6, 6.07) is 4.45. The zero-order valence-corrected chi connectivity index (χ0v) is 12.2. The average Bonchev–Trinajstić information content (AvgIpc) is 2.42. The molecule has 1 fully saturated rings. The zero-order chi connectivity index (χ0) is 14.8. The maximum atomic E-state index is 12.3. The average molecular weight is 297 g/mol. The van der Waals surface area contributed by atoms with E-state index in [2.05, 4.69) is 4.72 Å². The Morgan fingerprint density at radius 1 is 1.25 bits per heavy atom. The molecule has 1 aromatic carbocycles. The highest BCUT2D eigenvalue weighted by Gasteiger charge is 2.27. The minimum Gasteiger partial charge on any atom is -0.478 e. The van der Waals surface area contributed by atoms with Gasteiger partial charge in [-0.2, -0.15) is 0 Å². The Hall–Kier alpha value is -1.56. The molecule has 5 nitrogen and oxygen atoms in total. The molecule has 1 aromatic rings. The molecule has 0 saturated heterocycles. The second-order valence-electron chi connectivity index (χ2n) is 5.24. The van der Waals surface area contributed by atoms with Crippen LogP contribution in [0.2, 0.25) is 0 Å². The third-order valence-corrected chi connectivity index (χ3v) is 5.58. The summed E-state index contributed by atoms with van der Waals surface area (Å²) >= 11 is 0. The summed E-state index contributed by atoms with van der Waals surface area (Å²) in [5.41, 5.74) is 1.15.